The third-order valence-electron chi connectivity index (χ3n) is 3.17. The molecule has 20 heavy (non-hydrogen) atoms. The summed E-state index contributed by atoms with van der Waals surface area (Å²) in [5, 5.41) is 5.76. The minimum Gasteiger partial charge on any atom is -0.352 e. The summed E-state index contributed by atoms with van der Waals surface area (Å²) < 4.78 is 0. The van der Waals surface area contributed by atoms with Crippen LogP contribution in [0.3, 0.4) is 0 Å². The predicted molar refractivity (Wildman–Crippen MR) is 82.3 cm³/mol. The highest BCUT2D eigenvalue weighted by Crippen LogP contribution is 2.31. The lowest BCUT2D eigenvalue weighted by Crippen LogP contribution is -2.24. The number of rotatable bonds is 5. The zero-order chi connectivity index (χ0) is 14.4. The van der Waals surface area contributed by atoms with Gasteiger partial charge in [0.25, 0.3) is 5.91 Å². The van der Waals surface area contributed by atoms with Crippen molar-refractivity contribution >= 4 is 29.3 Å². The number of carbonyl (C=O) groups excluding carboxylic acids is 2. The molecule has 1 aromatic carbocycles. The van der Waals surface area contributed by atoms with E-state index in [-0.39, 0.29) is 11.8 Å². The number of unbranched alkanes of at least 4 members (excludes halogenated alkanes) is 2. The highest BCUT2D eigenvalue weighted by atomic mass is 32.2. The Morgan fingerprint density at radius 3 is 3.05 bits per heavy atom. The summed E-state index contributed by atoms with van der Waals surface area (Å²) in [6, 6.07) is 5.49. The van der Waals surface area contributed by atoms with Crippen LogP contribution in [0.2, 0.25) is 0 Å². The molecule has 1 aromatic rings. The van der Waals surface area contributed by atoms with E-state index in [1.54, 1.807) is 17.8 Å². The predicted octanol–water partition coefficient (Wildman–Crippen LogP) is 3.04. The molecule has 5 heteroatoms. The number of fused-ring (bicyclic) bond motifs is 1. The highest BCUT2D eigenvalue weighted by Gasteiger charge is 2.15. The number of thioether (sulfide) groups is 1. The molecular weight excluding hydrogens is 272 g/mol. The van der Waals surface area contributed by atoms with E-state index in [4.69, 9.17) is 0 Å². The molecule has 2 amide bonds. The number of hydrogen-bond acceptors (Lipinski definition) is 3. The number of benzene rings is 1. The largest absolute Gasteiger partial charge is 0.352 e. The Balaban J connectivity index is 2.02. The molecule has 0 atom stereocenters. The molecule has 0 aliphatic carbocycles. The number of nitrogens with one attached hydrogen (secondary N) is 2. The Bertz CT molecular complexity index is 503. The van der Waals surface area contributed by atoms with Gasteiger partial charge in [0.1, 0.15) is 0 Å². The molecule has 1 aliphatic heterocycles. The zero-order valence-corrected chi connectivity index (χ0v) is 12.5. The molecule has 0 radical (unpaired) electrons. The molecule has 4 nitrogen and oxygen atoms in total. The van der Waals surface area contributed by atoms with Gasteiger partial charge < -0.3 is 10.6 Å². The standard InChI is InChI=1S/C15H20N2O2S/c1-2-3-4-8-16-15(19)11-5-6-13-12(10-11)17-14(18)7-9-20-13/h5-6,10H,2-4,7-9H2,1H3,(H,16,19)(H,17,18). The molecule has 0 spiro atoms. The maximum Gasteiger partial charge on any atom is 0.251 e. The molecule has 0 saturated heterocycles. The lowest BCUT2D eigenvalue weighted by atomic mass is 10.1. The lowest BCUT2D eigenvalue weighted by molar-refractivity contribution is -0.115. The molecule has 2 rings (SSSR count). The van der Waals surface area contributed by atoms with E-state index in [2.05, 4.69) is 17.6 Å². The molecule has 1 heterocycles. The van der Waals surface area contributed by atoms with Gasteiger partial charge in [-0.15, -0.1) is 11.8 Å². The fourth-order valence-electron chi connectivity index (χ4n) is 2.04. The van der Waals surface area contributed by atoms with Crippen molar-refractivity contribution in [3.8, 4) is 0 Å². The van der Waals surface area contributed by atoms with Crippen molar-refractivity contribution in [2.45, 2.75) is 37.5 Å². The van der Waals surface area contributed by atoms with Gasteiger partial charge in [-0.05, 0) is 24.6 Å². The Morgan fingerprint density at radius 1 is 1.40 bits per heavy atom. The molecule has 0 bridgehead atoms. The summed E-state index contributed by atoms with van der Waals surface area (Å²) >= 11 is 1.64. The van der Waals surface area contributed by atoms with Crippen molar-refractivity contribution in [2.24, 2.45) is 0 Å². The average Bonchev–Trinajstić information content (AvgIpc) is 2.63. The van der Waals surface area contributed by atoms with E-state index in [9.17, 15) is 9.59 Å². The van der Waals surface area contributed by atoms with Gasteiger partial charge in [0, 0.05) is 29.2 Å². The number of anilines is 1. The smallest absolute Gasteiger partial charge is 0.251 e. The van der Waals surface area contributed by atoms with Gasteiger partial charge in [0.2, 0.25) is 5.91 Å². The quantitative estimate of drug-likeness (QED) is 0.820. The molecule has 2 N–H and O–H groups in total. The molecular formula is C15H20N2O2S. The molecule has 0 fully saturated rings. The van der Waals surface area contributed by atoms with Crippen LogP contribution in [-0.2, 0) is 4.79 Å². The Hall–Kier alpha value is -1.49. The summed E-state index contributed by atoms with van der Waals surface area (Å²) in [5.74, 6) is 0.714. The third-order valence-corrected chi connectivity index (χ3v) is 4.24. The number of amides is 2. The van der Waals surface area contributed by atoms with Crippen molar-refractivity contribution in [1.29, 1.82) is 0 Å². The van der Waals surface area contributed by atoms with Crippen LogP contribution in [0.25, 0.3) is 0 Å². The summed E-state index contributed by atoms with van der Waals surface area (Å²) in [6.07, 6.45) is 3.77. The minimum absolute atomic E-state index is 0.0109. The van der Waals surface area contributed by atoms with E-state index in [0.29, 0.717) is 18.5 Å². The lowest BCUT2D eigenvalue weighted by Gasteiger charge is -2.09. The monoisotopic (exact) mass is 292 g/mol. The summed E-state index contributed by atoms with van der Waals surface area (Å²) in [7, 11) is 0. The van der Waals surface area contributed by atoms with Crippen molar-refractivity contribution < 1.29 is 9.59 Å². The van der Waals surface area contributed by atoms with Gasteiger partial charge in [-0.1, -0.05) is 19.8 Å². The van der Waals surface area contributed by atoms with Crippen LogP contribution >= 0.6 is 11.8 Å². The fraction of sp³-hybridized carbons (Fsp3) is 0.467. The first-order valence-corrected chi connectivity index (χ1v) is 8.04. The van der Waals surface area contributed by atoms with Crippen molar-refractivity contribution in [1.82, 2.24) is 5.32 Å². The second-order valence-corrected chi connectivity index (χ2v) is 5.96. The minimum atomic E-state index is -0.0765. The topological polar surface area (TPSA) is 58.2 Å². The molecule has 0 aromatic heterocycles. The van der Waals surface area contributed by atoms with E-state index >= 15 is 0 Å². The summed E-state index contributed by atoms with van der Waals surface area (Å²) in [5.41, 5.74) is 1.35. The van der Waals surface area contributed by atoms with Gasteiger partial charge >= 0.3 is 0 Å². The zero-order valence-electron chi connectivity index (χ0n) is 11.7. The van der Waals surface area contributed by atoms with Crippen LogP contribution in [0.4, 0.5) is 5.69 Å². The van der Waals surface area contributed by atoms with E-state index in [0.717, 1.165) is 35.6 Å². The van der Waals surface area contributed by atoms with E-state index < -0.39 is 0 Å². The Morgan fingerprint density at radius 2 is 2.25 bits per heavy atom. The van der Waals surface area contributed by atoms with Crippen molar-refractivity contribution in [3.63, 3.8) is 0 Å². The maximum atomic E-state index is 12.0. The first kappa shape index (κ1) is 14.9. The summed E-state index contributed by atoms with van der Waals surface area (Å²) in [6.45, 7) is 2.83. The first-order valence-electron chi connectivity index (χ1n) is 7.05. The van der Waals surface area contributed by atoms with Gasteiger partial charge in [-0.25, -0.2) is 0 Å². The molecule has 1 aliphatic rings. The molecule has 0 saturated carbocycles. The second-order valence-electron chi connectivity index (χ2n) is 4.82. The highest BCUT2D eigenvalue weighted by molar-refractivity contribution is 7.99. The SMILES string of the molecule is CCCCCNC(=O)c1ccc2c(c1)NC(=O)CCS2. The number of hydrogen-bond donors (Lipinski definition) is 2. The second kappa shape index (κ2) is 7.33. The van der Waals surface area contributed by atoms with Crippen LogP contribution in [0, 0.1) is 0 Å². The Kier molecular flexibility index (Phi) is 5.47. The molecule has 108 valence electrons. The van der Waals surface area contributed by atoms with Crippen LogP contribution in [0.15, 0.2) is 23.1 Å². The van der Waals surface area contributed by atoms with Crippen LogP contribution in [-0.4, -0.2) is 24.1 Å². The van der Waals surface area contributed by atoms with Gasteiger partial charge in [-0.2, -0.15) is 0 Å². The van der Waals surface area contributed by atoms with Gasteiger partial charge in [0.05, 0.1) is 5.69 Å². The normalized spacial score (nSPS) is 14.2. The van der Waals surface area contributed by atoms with E-state index in [1.807, 2.05) is 12.1 Å². The maximum absolute atomic E-state index is 12.0. The van der Waals surface area contributed by atoms with Crippen LogP contribution in [0.5, 0.6) is 0 Å². The average molecular weight is 292 g/mol. The van der Waals surface area contributed by atoms with Gasteiger partial charge in [-0.3, -0.25) is 9.59 Å². The Labute approximate surface area is 123 Å². The van der Waals surface area contributed by atoms with Crippen molar-refractivity contribution in [2.75, 3.05) is 17.6 Å². The van der Waals surface area contributed by atoms with Crippen LogP contribution < -0.4 is 10.6 Å². The first-order chi connectivity index (χ1) is 9.70. The van der Waals surface area contributed by atoms with Crippen LogP contribution in [0.1, 0.15) is 43.0 Å². The fourth-order valence-corrected chi connectivity index (χ4v) is 2.98. The third kappa shape index (κ3) is 4.00. The van der Waals surface area contributed by atoms with Crippen molar-refractivity contribution in [3.05, 3.63) is 23.8 Å². The summed E-state index contributed by atoms with van der Waals surface area (Å²) in [4.78, 5) is 24.6. The van der Waals surface area contributed by atoms with E-state index in [1.165, 1.54) is 0 Å². The van der Waals surface area contributed by atoms with Gasteiger partial charge in [0.15, 0.2) is 0 Å². The molecule has 0 unspecified atom stereocenters. The number of carbonyl (C=O) groups is 2.